The van der Waals surface area contributed by atoms with Crippen LogP contribution in [-0.2, 0) is 91.2 Å². The molecule has 0 spiro atoms. The average molecular weight is 345 g/mol. The number of hydrogen-bond acceptors (Lipinski definition) is 0. The summed E-state index contributed by atoms with van der Waals surface area (Å²) in [5.41, 5.74) is 0. The maximum atomic E-state index is 0. The molecular formula is Ag2S2Zn. The molecule has 0 unspecified atom stereocenters. The fourth-order valence-electron chi connectivity index (χ4n) is 0. The number of hydrogen-bond donors (Lipinski definition) is 0. The number of rotatable bonds is 0. The third-order valence-corrected chi connectivity index (χ3v) is 0. The van der Waals surface area contributed by atoms with Crippen molar-refractivity contribution in [2.24, 2.45) is 0 Å². The van der Waals surface area contributed by atoms with E-state index in [1.165, 1.54) is 0 Å². The molecule has 0 aliphatic rings. The van der Waals surface area contributed by atoms with E-state index in [4.69, 9.17) is 0 Å². The molecule has 0 N–H and O–H groups in total. The monoisotopic (exact) mass is 342 g/mol. The van der Waals surface area contributed by atoms with E-state index in [1.54, 1.807) is 0 Å². The van der Waals surface area contributed by atoms with Crippen LogP contribution < -0.4 is 0 Å². The fraction of sp³-hybridized carbons (Fsp3) is 0. The van der Waals surface area contributed by atoms with Gasteiger partial charge in [0, 0.05) is 0 Å². The molecule has 0 aromatic carbocycles. The van der Waals surface area contributed by atoms with E-state index in [2.05, 4.69) is 0 Å². The Morgan fingerprint density at radius 3 is 0.600 bits per heavy atom. The van der Waals surface area contributed by atoms with Crippen LogP contribution in [0.25, 0.3) is 0 Å². The van der Waals surface area contributed by atoms with Crippen molar-refractivity contribution >= 4 is 27.0 Å². The van der Waals surface area contributed by atoms with Crippen LogP contribution in [0.2, 0.25) is 0 Å². The van der Waals surface area contributed by atoms with Crippen molar-refractivity contribution in [2.75, 3.05) is 0 Å². The molecule has 0 radical (unpaired) electrons. The van der Waals surface area contributed by atoms with Gasteiger partial charge in [-0.15, -0.1) is 0 Å². The van der Waals surface area contributed by atoms with E-state index in [-0.39, 0.29) is 91.2 Å². The minimum atomic E-state index is 0. The van der Waals surface area contributed by atoms with Gasteiger partial charge in [-0.1, -0.05) is 0 Å². The maximum Gasteiger partial charge on any atom is 2.00 e. The van der Waals surface area contributed by atoms with Crippen molar-refractivity contribution in [3.8, 4) is 0 Å². The Kier molecular flexibility index (Phi) is 268. The first kappa shape index (κ1) is 46.0. The topological polar surface area (TPSA) is 0 Å². The third-order valence-electron chi connectivity index (χ3n) is 0. The SMILES string of the molecule is [Ag+].[Ag+].[S-2].[S-2].[Zn+2]. The van der Waals surface area contributed by atoms with E-state index >= 15 is 0 Å². The molecule has 0 nitrogen and oxygen atoms in total. The Balaban J connectivity index is 0. The smallest absolute Gasteiger partial charge is 2.00 e. The Bertz CT molecular complexity index is 7.61. The second kappa shape index (κ2) is 29.2. The zero-order chi connectivity index (χ0) is 0. The minimum Gasteiger partial charge on any atom is -2.00 e. The molecule has 5 heteroatoms. The van der Waals surface area contributed by atoms with Gasteiger partial charge in [0.2, 0.25) is 0 Å². The molecular weight excluding hydrogens is 345 g/mol. The van der Waals surface area contributed by atoms with Gasteiger partial charge in [-0.3, -0.25) is 0 Å². The van der Waals surface area contributed by atoms with Gasteiger partial charge in [0.1, 0.15) is 0 Å². The van der Waals surface area contributed by atoms with Crippen LogP contribution in [0.15, 0.2) is 0 Å². The summed E-state index contributed by atoms with van der Waals surface area (Å²) in [6, 6.07) is 0. The van der Waals surface area contributed by atoms with Crippen molar-refractivity contribution < 1.29 is 64.2 Å². The first-order chi connectivity index (χ1) is 0. The van der Waals surface area contributed by atoms with E-state index < -0.39 is 0 Å². The van der Waals surface area contributed by atoms with Gasteiger partial charge in [-0.2, -0.15) is 0 Å². The molecule has 0 saturated carbocycles. The molecule has 0 aliphatic heterocycles. The molecule has 0 atom stereocenters. The fourth-order valence-corrected chi connectivity index (χ4v) is 0. The van der Waals surface area contributed by atoms with Crippen molar-refractivity contribution in [3.05, 3.63) is 0 Å². The van der Waals surface area contributed by atoms with Crippen LogP contribution in [0, 0.1) is 0 Å². The second-order valence-corrected chi connectivity index (χ2v) is 0. The quantitative estimate of drug-likeness (QED) is 0.542. The van der Waals surface area contributed by atoms with Crippen molar-refractivity contribution in [1.82, 2.24) is 0 Å². The third kappa shape index (κ3) is 20.0. The summed E-state index contributed by atoms with van der Waals surface area (Å²) in [6.45, 7) is 0. The minimum absolute atomic E-state index is 0. The maximum absolute atomic E-state index is 0. The molecule has 0 rings (SSSR count). The van der Waals surface area contributed by atoms with Gasteiger partial charge in [-0.25, -0.2) is 0 Å². The first-order valence-electron chi connectivity index (χ1n) is 0. The molecule has 0 amide bonds. The van der Waals surface area contributed by atoms with Crippen molar-refractivity contribution in [3.63, 3.8) is 0 Å². The molecule has 0 fully saturated rings. The van der Waals surface area contributed by atoms with Gasteiger partial charge >= 0.3 is 64.2 Å². The Hall–Kier alpha value is 2.80. The van der Waals surface area contributed by atoms with Gasteiger partial charge in [0.15, 0.2) is 0 Å². The molecule has 0 bridgehead atoms. The summed E-state index contributed by atoms with van der Waals surface area (Å²) in [6.07, 6.45) is 0. The molecule has 5 heavy (non-hydrogen) atoms. The summed E-state index contributed by atoms with van der Waals surface area (Å²) in [5.74, 6) is 0. The average Bonchev–Trinajstić information content (AvgIpc) is 0. The predicted molar refractivity (Wildman–Crippen MR) is 14.7 cm³/mol. The molecule has 0 saturated heterocycles. The first-order valence-corrected chi connectivity index (χ1v) is 0. The molecule has 0 aromatic rings. The van der Waals surface area contributed by atoms with E-state index in [1.807, 2.05) is 0 Å². The van der Waals surface area contributed by atoms with Crippen molar-refractivity contribution in [2.45, 2.75) is 0 Å². The van der Waals surface area contributed by atoms with Crippen LogP contribution >= 0.6 is 0 Å². The summed E-state index contributed by atoms with van der Waals surface area (Å²) < 4.78 is 0. The summed E-state index contributed by atoms with van der Waals surface area (Å²) >= 11 is 0. The van der Waals surface area contributed by atoms with Gasteiger partial charge in [0.05, 0.1) is 0 Å². The summed E-state index contributed by atoms with van der Waals surface area (Å²) in [4.78, 5) is 0. The van der Waals surface area contributed by atoms with Crippen molar-refractivity contribution in [1.29, 1.82) is 0 Å². The molecule has 36 valence electrons. The van der Waals surface area contributed by atoms with Crippen LogP contribution in [0.5, 0.6) is 0 Å². The standard InChI is InChI=1S/2Ag.2S.Zn/q2*+1;2*-2;+2. The van der Waals surface area contributed by atoms with Crippen LogP contribution in [0.3, 0.4) is 0 Å². The van der Waals surface area contributed by atoms with Gasteiger partial charge < -0.3 is 27.0 Å². The van der Waals surface area contributed by atoms with Crippen LogP contribution in [0.4, 0.5) is 0 Å². The molecule has 0 heterocycles. The Morgan fingerprint density at radius 2 is 0.600 bits per heavy atom. The molecule has 0 aliphatic carbocycles. The van der Waals surface area contributed by atoms with Gasteiger partial charge in [0.25, 0.3) is 0 Å². The van der Waals surface area contributed by atoms with Crippen LogP contribution in [0.1, 0.15) is 0 Å². The second-order valence-electron chi connectivity index (χ2n) is 0. The van der Waals surface area contributed by atoms with E-state index in [0.717, 1.165) is 0 Å². The molecule has 0 aromatic heterocycles. The normalized spacial score (nSPS) is 0. The largest absolute Gasteiger partial charge is 2.00 e. The zero-order valence-electron chi connectivity index (χ0n) is 2.13. The van der Waals surface area contributed by atoms with Crippen LogP contribution in [-0.4, -0.2) is 0 Å². The van der Waals surface area contributed by atoms with E-state index in [9.17, 15) is 0 Å². The summed E-state index contributed by atoms with van der Waals surface area (Å²) in [7, 11) is 0. The Morgan fingerprint density at radius 1 is 0.600 bits per heavy atom. The summed E-state index contributed by atoms with van der Waals surface area (Å²) in [5, 5.41) is 0. The Labute approximate surface area is 89.9 Å². The predicted octanol–water partition coefficient (Wildman–Crippen LogP) is -0.0123. The van der Waals surface area contributed by atoms with E-state index in [0.29, 0.717) is 0 Å². The zero-order valence-corrected chi connectivity index (χ0v) is 9.69. The van der Waals surface area contributed by atoms with Gasteiger partial charge in [-0.05, 0) is 0 Å².